The summed E-state index contributed by atoms with van der Waals surface area (Å²) in [6.07, 6.45) is 1.11. The van der Waals surface area contributed by atoms with Crippen LogP contribution in [0.1, 0.15) is 17.5 Å². The number of amides is 2. The van der Waals surface area contributed by atoms with Crippen molar-refractivity contribution < 1.29 is 14.3 Å². The van der Waals surface area contributed by atoms with Gasteiger partial charge in [0.25, 0.3) is 0 Å². The quantitative estimate of drug-likeness (QED) is 0.217. The summed E-state index contributed by atoms with van der Waals surface area (Å²) in [5.74, 6) is -0.320. The summed E-state index contributed by atoms with van der Waals surface area (Å²) in [7, 11) is 0. The van der Waals surface area contributed by atoms with Crippen LogP contribution in [0.5, 0.6) is 5.75 Å². The molecule has 0 saturated heterocycles. The van der Waals surface area contributed by atoms with Gasteiger partial charge in [0.2, 0.25) is 11.8 Å². The number of ether oxygens (including phenoxy) is 1. The summed E-state index contributed by atoms with van der Waals surface area (Å²) in [4.78, 5) is 23.8. The topological polar surface area (TPSA) is 79.8 Å². The van der Waals surface area contributed by atoms with Gasteiger partial charge in [0.05, 0.1) is 10.7 Å². The maximum Gasteiger partial charge on any atom is 0.249 e. The third-order valence-electron chi connectivity index (χ3n) is 4.12. The monoisotopic (exact) mass is 533 g/mol. The maximum absolute atomic E-state index is 11.9. The molecule has 0 bridgehead atoms. The average Bonchev–Trinajstić information content (AvgIpc) is 2.76. The number of hydrogen-bond donors (Lipinski definition) is 2. The summed E-state index contributed by atoms with van der Waals surface area (Å²) in [6.45, 7) is 0.400. The predicted molar refractivity (Wildman–Crippen MR) is 130 cm³/mol. The summed E-state index contributed by atoms with van der Waals surface area (Å²) >= 11 is 15.1. The number of hydrazone groups is 1. The molecule has 0 spiro atoms. The first-order valence-corrected chi connectivity index (χ1v) is 11.0. The standard InChI is InChI=1S/C23H18BrCl2N3O3/c24-20-11-16(3-10-21(20)32-14-15-1-4-17(25)5-2-15)13-27-29-23(31)12-22(30)28-19-8-6-18(26)7-9-19/h1-11,13H,12,14H2,(H,28,30)(H,29,31). The first-order valence-electron chi connectivity index (χ1n) is 9.43. The summed E-state index contributed by atoms with van der Waals surface area (Å²) in [5.41, 5.74) is 4.62. The lowest BCUT2D eigenvalue weighted by Crippen LogP contribution is -2.24. The smallest absolute Gasteiger partial charge is 0.249 e. The largest absolute Gasteiger partial charge is 0.488 e. The second-order valence-electron chi connectivity index (χ2n) is 6.63. The van der Waals surface area contributed by atoms with E-state index in [9.17, 15) is 9.59 Å². The van der Waals surface area contributed by atoms with E-state index in [0.29, 0.717) is 28.1 Å². The molecule has 164 valence electrons. The van der Waals surface area contributed by atoms with Crippen molar-refractivity contribution in [2.75, 3.05) is 5.32 Å². The van der Waals surface area contributed by atoms with Crippen LogP contribution in [0.2, 0.25) is 10.0 Å². The van der Waals surface area contributed by atoms with Gasteiger partial charge in [0.1, 0.15) is 18.8 Å². The van der Waals surface area contributed by atoms with E-state index in [1.54, 1.807) is 42.5 Å². The van der Waals surface area contributed by atoms with Gasteiger partial charge in [0.15, 0.2) is 0 Å². The molecule has 2 amide bonds. The van der Waals surface area contributed by atoms with E-state index in [-0.39, 0.29) is 6.42 Å². The zero-order valence-corrected chi connectivity index (χ0v) is 19.7. The first-order chi connectivity index (χ1) is 15.4. The Morgan fingerprint density at radius 3 is 2.25 bits per heavy atom. The number of hydrogen-bond acceptors (Lipinski definition) is 4. The Morgan fingerprint density at radius 1 is 0.938 bits per heavy atom. The van der Waals surface area contributed by atoms with Gasteiger partial charge in [-0.3, -0.25) is 9.59 Å². The van der Waals surface area contributed by atoms with Gasteiger partial charge in [-0.05, 0) is 81.7 Å². The highest BCUT2D eigenvalue weighted by atomic mass is 79.9. The van der Waals surface area contributed by atoms with E-state index < -0.39 is 11.8 Å². The fourth-order valence-electron chi connectivity index (χ4n) is 2.56. The number of nitrogens with one attached hydrogen (secondary N) is 2. The van der Waals surface area contributed by atoms with Gasteiger partial charge >= 0.3 is 0 Å². The van der Waals surface area contributed by atoms with Crippen molar-refractivity contribution in [2.45, 2.75) is 13.0 Å². The van der Waals surface area contributed by atoms with Gasteiger partial charge in [-0.25, -0.2) is 5.43 Å². The van der Waals surface area contributed by atoms with Crippen LogP contribution >= 0.6 is 39.1 Å². The lowest BCUT2D eigenvalue weighted by molar-refractivity contribution is -0.126. The molecule has 0 aliphatic heterocycles. The van der Waals surface area contributed by atoms with Crippen molar-refractivity contribution in [2.24, 2.45) is 5.10 Å². The van der Waals surface area contributed by atoms with Crippen LogP contribution in [-0.4, -0.2) is 18.0 Å². The third kappa shape index (κ3) is 7.67. The molecule has 0 unspecified atom stereocenters. The minimum Gasteiger partial charge on any atom is -0.488 e. The highest BCUT2D eigenvalue weighted by Gasteiger charge is 2.09. The summed E-state index contributed by atoms with van der Waals surface area (Å²) < 4.78 is 6.54. The molecule has 3 aromatic rings. The van der Waals surface area contributed by atoms with Crippen LogP contribution < -0.4 is 15.5 Å². The second-order valence-corrected chi connectivity index (χ2v) is 8.36. The van der Waals surface area contributed by atoms with Crippen LogP contribution in [0.3, 0.4) is 0 Å². The van der Waals surface area contributed by atoms with E-state index in [2.05, 4.69) is 31.8 Å². The Kier molecular flexibility index (Phi) is 8.67. The molecule has 0 atom stereocenters. The minimum atomic E-state index is -0.533. The lowest BCUT2D eigenvalue weighted by atomic mass is 10.2. The second kappa shape index (κ2) is 11.7. The number of rotatable bonds is 8. The number of halogens is 3. The van der Waals surface area contributed by atoms with Crippen molar-refractivity contribution >= 4 is 62.8 Å². The predicted octanol–water partition coefficient (Wildman–Crippen LogP) is 5.81. The van der Waals surface area contributed by atoms with Crippen LogP contribution in [-0.2, 0) is 16.2 Å². The van der Waals surface area contributed by atoms with Crippen molar-refractivity contribution in [1.82, 2.24) is 5.43 Å². The molecule has 6 nitrogen and oxygen atoms in total. The van der Waals surface area contributed by atoms with Crippen LogP contribution in [0.25, 0.3) is 0 Å². The van der Waals surface area contributed by atoms with Crippen molar-refractivity contribution in [3.8, 4) is 5.75 Å². The van der Waals surface area contributed by atoms with Gasteiger partial charge in [-0.2, -0.15) is 5.10 Å². The first kappa shape index (κ1) is 23.8. The van der Waals surface area contributed by atoms with Crippen molar-refractivity contribution in [3.05, 3.63) is 92.4 Å². The molecular weight excluding hydrogens is 517 g/mol. The van der Waals surface area contributed by atoms with Gasteiger partial charge in [-0.1, -0.05) is 35.3 Å². The van der Waals surface area contributed by atoms with Crippen molar-refractivity contribution in [3.63, 3.8) is 0 Å². The van der Waals surface area contributed by atoms with E-state index in [4.69, 9.17) is 27.9 Å². The van der Waals surface area contributed by atoms with E-state index in [1.165, 1.54) is 6.21 Å². The number of nitrogens with zero attached hydrogens (tertiary/aromatic N) is 1. The zero-order valence-electron chi connectivity index (χ0n) is 16.6. The molecule has 0 saturated carbocycles. The molecule has 0 aromatic heterocycles. The molecule has 3 aromatic carbocycles. The Morgan fingerprint density at radius 2 is 1.59 bits per heavy atom. The fourth-order valence-corrected chi connectivity index (χ4v) is 3.32. The molecule has 32 heavy (non-hydrogen) atoms. The lowest BCUT2D eigenvalue weighted by Gasteiger charge is -2.09. The molecule has 2 N–H and O–H groups in total. The fraction of sp³-hybridized carbons (Fsp3) is 0.0870. The molecule has 0 heterocycles. The normalized spacial score (nSPS) is 10.7. The Labute approximate surface area is 203 Å². The van der Waals surface area contributed by atoms with Crippen LogP contribution in [0, 0.1) is 0 Å². The molecule has 0 fully saturated rings. The van der Waals surface area contributed by atoms with Crippen LogP contribution in [0.4, 0.5) is 5.69 Å². The van der Waals surface area contributed by atoms with Gasteiger partial charge in [-0.15, -0.1) is 0 Å². The number of carbonyl (C=O) groups excluding carboxylic acids is 2. The number of benzene rings is 3. The van der Waals surface area contributed by atoms with Gasteiger partial charge < -0.3 is 10.1 Å². The number of carbonyl (C=O) groups is 2. The summed E-state index contributed by atoms with van der Waals surface area (Å²) in [6, 6.07) is 19.4. The molecule has 0 aliphatic carbocycles. The highest BCUT2D eigenvalue weighted by molar-refractivity contribution is 9.10. The summed E-state index contributed by atoms with van der Waals surface area (Å²) in [5, 5.41) is 7.73. The minimum absolute atomic E-state index is 0.360. The highest BCUT2D eigenvalue weighted by Crippen LogP contribution is 2.26. The number of anilines is 1. The van der Waals surface area contributed by atoms with Crippen molar-refractivity contribution in [1.29, 1.82) is 0 Å². The molecule has 3 rings (SSSR count). The zero-order chi connectivity index (χ0) is 22.9. The third-order valence-corrected chi connectivity index (χ3v) is 5.24. The molecule has 9 heteroatoms. The van der Waals surface area contributed by atoms with E-state index >= 15 is 0 Å². The maximum atomic E-state index is 11.9. The molecule has 0 radical (unpaired) electrons. The molecule has 0 aliphatic rings. The Hall–Kier alpha value is -2.87. The van der Waals surface area contributed by atoms with E-state index in [0.717, 1.165) is 15.6 Å². The van der Waals surface area contributed by atoms with Crippen LogP contribution in [0.15, 0.2) is 76.3 Å². The Bertz CT molecular complexity index is 1120. The van der Waals surface area contributed by atoms with Gasteiger partial charge in [0, 0.05) is 15.7 Å². The Balaban J connectivity index is 1.46. The SMILES string of the molecule is O=C(CC(=O)Nc1ccc(Cl)cc1)NN=Cc1ccc(OCc2ccc(Cl)cc2)c(Br)c1. The molecular formula is C23H18BrCl2N3O3. The van der Waals surface area contributed by atoms with E-state index in [1.807, 2.05) is 24.3 Å². The average molecular weight is 535 g/mol.